The van der Waals surface area contributed by atoms with Crippen LogP contribution in [0.2, 0.25) is 0 Å². The van der Waals surface area contributed by atoms with Crippen LogP contribution in [0.25, 0.3) is 0 Å². The predicted octanol–water partition coefficient (Wildman–Crippen LogP) is 1.36. The van der Waals surface area contributed by atoms with Crippen LogP contribution in [0.5, 0.6) is 5.75 Å². The first-order valence-electron chi connectivity index (χ1n) is 9.30. The van der Waals surface area contributed by atoms with E-state index in [0.29, 0.717) is 25.4 Å². The number of anilines is 1. The largest absolute Gasteiger partial charge is 0.492 e. The highest BCUT2D eigenvalue weighted by Gasteiger charge is 2.29. The molecule has 29 heavy (non-hydrogen) atoms. The molecule has 2 aromatic rings. The van der Waals surface area contributed by atoms with Gasteiger partial charge in [-0.25, -0.2) is 18.1 Å². The Kier molecular flexibility index (Phi) is 6.46. The first kappa shape index (κ1) is 20.8. The van der Waals surface area contributed by atoms with E-state index in [1.54, 1.807) is 25.1 Å². The van der Waals surface area contributed by atoms with E-state index in [4.69, 9.17) is 10.00 Å². The number of aromatic nitrogens is 3. The monoisotopic (exact) mass is 418 g/mol. The number of carbonyl (C=O) groups is 1. The summed E-state index contributed by atoms with van der Waals surface area (Å²) >= 11 is 0. The van der Waals surface area contributed by atoms with E-state index in [9.17, 15) is 13.2 Å². The van der Waals surface area contributed by atoms with E-state index in [1.807, 2.05) is 0 Å². The number of carbonyl (C=O) groups excluding carboxylic acids is 1. The first-order valence-corrected chi connectivity index (χ1v) is 10.7. The minimum absolute atomic E-state index is 0.0335. The Labute approximate surface area is 169 Å². The van der Waals surface area contributed by atoms with E-state index in [1.165, 1.54) is 21.4 Å². The number of rotatable bonds is 7. The number of piperidine rings is 1. The molecule has 1 saturated heterocycles. The van der Waals surface area contributed by atoms with Crippen LogP contribution in [0.15, 0.2) is 29.4 Å². The second-order valence-corrected chi connectivity index (χ2v) is 8.39. The summed E-state index contributed by atoms with van der Waals surface area (Å²) in [6, 6.07) is 6.32. The summed E-state index contributed by atoms with van der Waals surface area (Å²) in [5.74, 6) is -0.204. The van der Waals surface area contributed by atoms with Crippen molar-refractivity contribution in [2.24, 2.45) is 0 Å². The van der Waals surface area contributed by atoms with Crippen molar-refractivity contribution in [3.63, 3.8) is 0 Å². The number of hydrogen-bond donors (Lipinski definition) is 1. The van der Waals surface area contributed by atoms with Crippen LogP contribution in [0, 0.1) is 11.3 Å². The van der Waals surface area contributed by atoms with Gasteiger partial charge in [0, 0.05) is 18.8 Å². The average Bonchev–Trinajstić information content (AvgIpc) is 3.17. The lowest BCUT2D eigenvalue weighted by atomic mass is 10.2. The fourth-order valence-electron chi connectivity index (χ4n) is 3.08. The molecule has 10 nitrogen and oxygen atoms in total. The quantitative estimate of drug-likeness (QED) is 0.718. The first-order chi connectivity index (χ1) is 13.9. The maximum Gasteiger partial charge on any atom is 0.252 e. The van der Waals surface area contributed by atoms with Gasteiger partial charge in [0.2, 0.25) is 15.9 Å². The Morgan fingerprint density at radius 1 is 1.31 bits per heavy atom. The summed E-state index contributed by atoms with van der Waals surface area (Å²) < 4.78 is 34.5. The van der Waals surface area contributed by atoms with Crippen molar-refractivity contribution in [3.05, 3.63) is 30.4 Å². The Morgan fingerprint density at radius 2 is 2.07 bits per heavy atom. The topological polar surface area (TPSA) is 130 Å². The van der Waals surface area contributed by atoms with Crippen molar-refractivity contribution < 1.29 is 17.9 Å². The van der Waals surface area contributed by atoms with E-state index in [2.05, 4.69) is 15.4 Å². The van der Waals surface area contributed by atoms with Gasteiger partial charge in [-0.2, -0.15) is 9.57 Å². The molecule has 0 saturated carbocycles. The molecule has 1 aromatic carbocycles. The second kappa shape index (κ2) is 9.02. The smallest absolute Gasteiger partial charge is 0.252 e. The minimum atomic E-state index is -3.74. The van der Waals surface area contributed by atoms with Crippen LogP contribution in [0.3, 0.4) is 0 Å². The maximum absolute atomic E-state index is 13.1. The highest BCUT2D eigenvalue weighted by atomic mass is 32.2. The van der Waals surface area contributed by atoms with Gasteiger partial charge in [0.15, 0.2) is 0 Å². The van der Waals surface area contributed by atoms with Gasteiger partial charge in [-0.15, -0.1) is 5.10 Å². The van der Waals surface area contributed by atoms with Gasteiger partial charge in [0.1, 0.15) is 29.6 Å². The third kappa shape index (κ3) is 4.90. The molecule has 0 aliphatic carbocycles. The zero-order valence-electron chi connectivity index (χ0n) is 16.0. The Morgan fingerprint density at radius 3 is 2.72 bits per heavy atom. The molecule has 154 valence electrons. The Hall–Kier alpha value is -2.97. The predicted molar refractivity (Wildman–Crippen MR) is 104 cm³/mol. The molecule has 0 atom stereocenters. The van der Waals surface area contributed by atoms with E-state index < -0.39 is 15.9 Å². The zero-order valence-corrected chi connectivity index (χ0v) is 16.9. The molecule has 2 heterocycles. The number of sulfonamides is 1. The number of amides is 1. The zero-order chi connectivity index (χ0) is 20.9. The molecule has 0 spiro atoms. The Balaban J connectivity index is 1.82. The fraction of sp³-hybridized carbons (Fsp3) is 0.444. The number of nitrogens with one attached hydrogen (secondary N) is 1. The van der Waals surface area contributed by atoms with Crippen molar-refractivity contribution >= 4 is 21.6 Å². The lowest BCUT2D eigenvalue weighted by Crippen LogP contribution is -2.35. The van der Waals surface area contributed by atoms with Gasteiger partial charge >= 0.3 is 0 Å². The van der Waals surface area contributed by atoms with Crippen molar-refractivity contribution in [2.45, 2.75) is 37.6 Å². The van der Waals surface area contributed by atoms with Crippen molar-refractivity contribution in [2.75, 3.05) is 25.0 Å². The fourth-order valence-corrected chi connectivity index (χ4v) is 4.75. The van der Waals surface area contributed by atoms with Crippen LogP contribution in [-0.4, -0.2) is 53.1 Å². The Bertz CT molecular complexity index is 1020. The number of hydrogen-bond acceptors (Lipinski definition) is 7. The van der Waals surface area contributed by atoms with E-state index in [0.717, 1.165) is 19.3 Å². The van der Waals surface area contributed by atoms with Crippen molar-refractivity contribution in [3.8, 4) is 11.8 Å². The third-order valence-electron chi connectivity index (χ3n) is 4.40. The number of ether oxygens (including phenoxy) is 1. The van der Waals surface area contributed by atoms with Gasteiger partial charge in [-0.1, -0.05) is 6.42 Å². The van der Waals surface area contributed by atoms with Crippen LogP contribution < -0.4 is 10.1 Å². The summed E-state index contributed by atoms with van der Waals surface area (Å²) in [6.07, 6.45) is 3.93. The second-order valence-electron chi connectivity index (χ2n) is 6.49. The van der Waals surface area contributed by atoms with Gasteiger partial charge in [-0.05, 0) is 38.0 Å². The molecule has 1 N–H and O–H groups in total. The average molecular weight is 418 g/mol. The summed E-state index contributed by atoms with van der Waals surface area (Å²) in [4.78, 5) is 16.0. The maximum atomic E-state index is 13.1. The molecule has 0 unspecified atom stereocenters. The lowest BCUT2D eigenvalue weighted by molar-refractivity contribution is -0.116. The summed E-state index contributed by atoms with van der Waals surface area (Å²) in [5, 5.41) is 15.2. The molecular formula is C18H22N6O4S. The minimum Gasteiger partial charge on any atom is -0.492 e. The summed E-state index contributed by atoms with van der Waals surface area (Å²) in [6.45, 7) is 2.88. The van der Waals surface area contributed by atoms with Gasteiger partial charge in [-0.3, -0.25) is 4.79 Å². The third-order valence-corrected chi connectivity index (χ3v) is 6.32. The highest BCUT2D eigenvalue weighted by Crippen LogP contribution is 2.31. The van der Waals surface area contributed by atoms with Crippen molar-refractivity contribution in [1.82, 2.24) is 19.1 Å². The molecule has 1 aromatic heterocycles. The van der Waals surface area contributed by atoms with Crippen LogP contribution >= 0.6 is 0 Å². The molecule has 0 radical (unpaired) electrons. The number of nitriles is 1. The summed E-state index contributed by atoms with van der Waals surface area (Å²) in [7, 11) is -3.74. The molecule has 1 fully saturated rings. The van der Waals surface area contributed by atoms with Crippen LogP contribution in [0.1, 0.15) is 32.0 Å². The molecule has 1 amide bonds. The molecule has 1 aliphatic rings. The molecule has 0 bridgehead atoms. The normalized spacial score (nSPS) is 14.9. The van der Waals surface area contributed by atoms with Gasteiger partial charge < -0.3 is 10.1 Å². The standard InChI is InChI=1S/C18H22N6O4S/c1-2-28-15-7-6-14(21-18(25)12-23-13-20-17(11-19)22-23)10-16(15)29(26,27)24-8-4-3-5-9-24/h6-7,10,13H,2-5,8-9,12H2,1H3,(H,21,25). The van der Waals surface area contributed by atoms with Gasteiger partial charge in [0.05, 0.1) is 6.61 Å². The van der Waals surface area contributed by atoms with Crippen LogP contribution in [-0.2, 0) is 21.4 Å². The van der Waals surface area contributed by atoms with E-state index in [-0.39, 0.29) is 23.0 Å². The molecule has 1 aliphatic heterocycles. The number of nitrogens with zero attached hydrogens (tertiary/aromatic N) is 5. The molecular weight excluding hydrogens is 396 g/mol. The van der Waals surface area contributed by atoms with Gasteiger partial charge in [0.25, 0.3) is 5.82 Å². The van der Waals surface area contributed by atoms with Crippen LogP contribution in [0.4, 0.5) is 5.69 Å². The lowest BCUT2D eigenvalue weighted by Gasteiger charge is -2.27. The van der Waals surface area contributed by atoms with E-state index >= 15 is 0 Å². The van der Waals surface area contributed by atoms with Crippen molar-refractivity contribution in [1.29, 1.82) is 5.26 Å². The number of benzene rings is 1. The molecule has 11 heteroatoms. The molecule has 3 rings (SSSR count). The summed E-state index contributed by atoms with van der Waals surface area (Å²) in [5.41, 5.74) is 0.328. The SMILES string of the molecule is CCOc1ccc(NC(=O)Cn2cnc(C#N)n2)cc1S(=O)(=O)N1CCCCC1. The highest BCUT2D eigenvalue weighted by molar-refractivity contribution is 7.89.